The Balaban J connectivity index is 1.82. The fourth-order valence-corrected chi connectivity index (χ4v) is 6.64. The summed E-state index contributed by atoms with van der Waals surface area (Å²) in [6, 6.07) is 21.2. The van der Waals surface area contributed by atoms with E-state index >= 15 is 0 Å². The molecule has 0 aliphatic carbocycles. The Hall–Kier alpha value is -2.61. The Morgan fingerprint density at radius 2 is 0.973 bits per heavy atom. The molecule has 37 heavy (non-hydrogen) atoms. The van der Waals surface area contributed by atoms with Gasteiger partial charge in [0.15, 0.2) is 0 Å². The first-order valence-corrected chi connectivity index (χ1v) is 15.7. The molecular formula is C25H29NO8S3. The molecule has 0 heterocycles. The average Bonchev–Trinajstić information content (AvgIpc) is 2.83. The fraction of sp³-hybridized carbons (Fsp3) is 0.280. The lowest BCUT2D eigenvalue weighted by molar-refractivity contribution is 0.173. The second-order valence-corrected chi connectivity index (χ2v) is 13.3. The second-order valence-electron chi connectivity index (χ2n) is 8.63. The van der Waals surface area contributed by atoms with Crippen LogP contribution < -0.4 is 5.14 Å². The van der Waals surface area contributed by atoms with Crippen LogP contribution in [0.25, 0.3) is 0 Å². The highest BCUT2D eigenvalue weighted by Gasteiger charge is 2.27. The first kappa shape index (κ1) is 29.0. The van der Waals surface area contributed by atoms with Crippen LogP contribution in [0.2, 0.25) is 0 Å². The zero-order valence-electron chi connectivity index (χ0n) is 20.3. The van der Waals surface area contributed by atoms with E-state index in [1.165, 1.54) is 36.4 Å². The van der Waals surface area contributed by atoms with Gasteiger partial charge in [0.25, 0.3) is 20.2 Å². The number of benzene rings is 3. The van der Waals surface area contributed by atoms with E-state index in [0.717, 1.165) is 0 Å². The fourth-order valence-electron chi connectivity index (χ4n) is 3.90. The lowest BCUT2D eigenvalue weighted by Crippen LogP contribution is -2.23. The molecule has 12 heteroatoms. The number of primary sulfonamides is 1. The molecule has 0 aromatic heterocycles. The van der Waals surface area contributed by atoms with Crippen LogP contribution in [0.3, 0.4) is 0 Å². The highest BCUT2D eigenvalue weighted by molar-refractivity contribution is 7.89. The van der Waals surface area contributed by atoms with Crippen LogP contribution in [-0.4, -0.2) is 37.5 Å². The molecule has 2 N–H and O–H groups in total. The maximum absolute atomic E-state index is 12.7. The van der Waals surface area contributed by atoms with Crippen LogP contribution in [0.5, 0.6) is 0 Å². The zero-order chi connectivity index (χ0) is 27.3. The van der Waals surface area contributed by atoms with Gasteiger partial charge in [0, 0.05) is 0 Å². The molecule has 2 atom stereocenters. The van der Waals surface area contributed by atoms with E-state index in [9.17, 15) is 25.3 Å². The summed E-state index contributed by atoms with van der Waals surface area (Å²) >= 11 is 0. The molecule has 3 rings (SSSR count). The number of hydrogen-bond acceptors (Lipinski definition) is 8. The van der Waals surface area contributed by atoms with Crippen molar-refractivity contribution in [2.24, 2.45) is 5.14 Å². The predicted molar refractivity (Wildman–Crippen MR) is 138 cm³/mol. The maximum Gasteiger partial charge on any atom is 0.297 e. The molecule has 9 nitrogen and oxygen atoms in total. The molecule has 3 aromatic carbocycles. The quantitative estimate of drug-likeness (QED) is 0.325. The van der Waals surface area contributed by atoms with Crippen molar-refractivity contribution >= 4 is 30.3 Å². The summed E-state index contributed by atoms with van der Waals surface area (Å²) in [5.41, 5.74) is 0.646. The van der Waals surface area contributed by atoms with Gasteiger partial charge in [-0.25, -0.2) is 13.6 Å². The van der Waals surface area contributed by atoms with Gasteiger partial charge in [-0.1, -0.05) is 48.5 Å². The van der Waals surface area contributed by atoms with Gasteiger partial charge in [0.1, 0.15) is 0 Å². The Labute approximate surface area is 218 Å². The topological polar surface area (TPSA) is 147 Å². The van der Waals surface area contributed by atoms with Crippen molar-refractivity contribution in [3.8, 4) is 0 Å². The van der Waals surface area contributed by atoms with Crippen LogP contribution in [0.1, 0.15) is 38.2 Å². The van der Waals surface area contributed by atoms with Gasteiger partial charge < -0.3 is 0 Å². The summed E-state index contributed by atoms with van der Waals surface area (Å²) in [5, 5.41) is 5.19. The summed E-state index contributed by atoms with van der Waals surface area (Å²) in [6.07, 6.45) is -1.21. The number of hydrogen-bond donors (Lipinski definition) is 1. The van der Waals surface area contributed by atoms with Crippen molar-refractivity contribution in [1.82, 2.24) is 0 Å². The van der Waals surface area contributed by atoms with Gasteiger partial charge in [-0.05, 0) is 74.6 Å². The molecule has 0 radical (unpaired) electrons. The molecule has 0 saturated heterocycles. The monoisotopic (exact) mass is 567 g/mol. The van der Waals surface area contributed by atoms with Gasteiger partial charge in [-0.2, -0.15) is 16.8 Å². The van der Waals surface area contributed by atoms with Crippen molar-refractivity contribution in [3.05, 3.63) is 90.5 Å². The largest absolute Gasteiger partial charge is 0.297 e. The third-order valence-electron chi connectivity index (χ3n) is 5.56. The summed E-state index contributed by atoms with van der Waals surface area (Å²) in [7, 11) is -12.0. The Morgan fingerprint density at radius 1 is 0.595 bits per heavy atom. The van der Waals surface area contributed by atoms with Crippen LogP contribution >= 0.6 is 0 Å². The van der Waals surface area contributed by atoms with Crippen molar-refractivity contribution in [2.75, 3.05) is 0 Å². The van der Waals surface area contributed by atoms with Crippen molar-refractivity contribution in [2.45, 2.75) is 59.5 Å². The Morgan fingerprint density at radius 3 is 1.32 bits per heavy atom. The highest BCUT2D eigenvalue weighted by Crippen LogP contribution is 2.31. The minimum Gasteiger partial charge on any atom is -0.263 e. The molecule has 0 amide bonds. The molecule has 0 saturated carbocycles. The van der Waals surface area contributed by atoms with Crippen molar-refractivity contribution in [3.63, 3.8) is 0 Å². The van der Waals surface area contributed by atoms with E-state index in [2.05, 4.69) is 0 Å². The van der Waals surface area contributed by atoms with Gasteiger partial charge >= 0.3 is 0 Å². The van der Waals surface area contributed by atoms with E-state index in [0.29, 0.717) is 5.56 Å². The van der Waals surface area contributed by atoms with Crippen LogP contribution in [0.15, 0.2) is 99.6 Å². The Bertz CT molecular complexity index is 1410. The third kappa shape index (κ3) is 8.19. The lowest BCUT2D eigenvalue weighted by Gasteiger charge is -2.24. The molecule has 0 aliphatic rings. The van der Waals surface area contributed by atoms with E-state index in [1.54, 1.807) is 62.4 Å². The molecule has 0 spiro atoms. The molecule has 200 valence electrons. The average molecular weight is 568 g/mol. The SMILES string of the molecule is CC(CC(CC(C)OS(=O)(=O)c1ccccc1)c1ccc(S(N)(=O)=O)cc1)OS(=O)(=O)c1ccccc1. The molecular weight excluding hydrogens is 538 g/mol. The maximum atomic E-state index is 12.7. The van der Waals surface area contributed by atoms with E-state index in [-0.39, 0.29) is 27.5 Å². The van der Waals surface area contributed by atoms with Gasteiger partial charge in [0.05, 0.1) is 26.9 Å². The van der Waals surface area contributed by atoms with Gasteiger partial charge in [0.2, 0.25) is 10.0 Å². The van der Waals surface area contributed by atoms with E-state index < -0.39 is 48.4 Å². The zero-order valence-corrected chi connectivity index (χ0v) is 22.7. The van der Waals surface area contributed by atoms with Gasteiger partial charge in [-0.3, -0.25) is 8.37 Å². The minimum absolute atomic E-state index is 0.0153. The number of rotatable bonds is 12. The highest BCUT2D eigenvalue weighted by atomic mass is 32.2. The molecule has 0 aliphatic heterocycles. The molecule has 3 aromatic rings. The van der Waals surface area contributed by atoms with Crippen LogP contribution in [0.4, 0.5) is 0 Å². The molecule has 0 fully saturated rings. The summed E-state index contributed by atoms with van der Waals surface area (Å²) in [4.78, 5) is -0.0509. The first-order chi connectivity index (χ1) is 17.3. The van der Waals surface area contributed by atoms with Gasteiger partial charge in [-0.15, -0.1) is 0 Å². The second kappa shape index (κ2) is 11.8. The molecule has 2 unspecified atom stereocenters. The normalized spacial score (nSPS) is 15.1. The number of sulfonamides is 1. The van der Waals surface area contributed by atoms with E-state index in [1.807, 2.05) is 0 Å². The minimum atomic E-state index is -4.03. The van der Waals surface area contributed by atoms with Crippen LogP contribution in [-0.2, 0) is 38.6 Å². The summed E-state index contributed by atoms with van der Waals surface area (Å²) < 4.78 is 84.8. The van der Waals surface area contributed by atoms with Crippen LogP contribution in [0, 0.1) is 0 Å². The smallest absolute Gasteiger partial charge is 0.263 e. The first-order valence-electron chi connectivity index (χ1n) is 11.4. The summed E-state index contributed by atoms with van der Waals surface area (Å²) in [6.45, 7) is 3.19. The lowest BCUT2D eigenvalue weighted by atomic mass is 9.89. The number of nitrogens with two attached hydrogens (primary N) is 1. The summed E-state index contributed by atoms with van der Waals surface area (Å²) in [5.74, 6) is -0.434. The molecule has 0 bridgehead atoms. The predicted octanol–water partition coefficient (Wildman–Crippen LogP) is 3.79. The van der Waals surface area contributed by atoms with E-state index in [4.69, 9.17) is 13.5 Å². The standard InChI is InChI=1S/C25H29NO8S3/c1-19(33-36(29,30)24-9-5-3-6-10-24)17-22(21-13-15-23(16-14-21)35(26,27)28)18-20(2)34-37(31,32)25-11-7-4-8-12-25/h3-16,19-20,22H,17-18H2,1-2H3,(H2,26,27,28). The Kier molecular flexibility index (Phi) is 9.27. The van der Waals surface area contributed by atoms with Crippen molar-refractivity contribution in [1.29, 1.82) is 0 Å². The van der Waals surface area contributed by atoms with Crippen molar-refractivity contribution < 1.29 is 33.6 Å². The third-order valence-corrected chi connectivity index (χ3v) is 9.35.